The highest BCUT2D eigenvalue weighted by molar-refractivity contribution is 5.94. The molecule has 1 aromatic heterocycles. The molecule has 0 aliphatic heterocycles. The monoisotopic (exact) mass is 277 g/mol. The van der Waals surface area contributed by atoms with Crippen molar-refractivity contribution in [2.75, 3.05) is 18.4 Å². The zero-order valence-corrected chi connectivity index (χ0v) is 9.49. The molecule has 0 radical (unpaired) electrons. The number of carbonyl (C=O) groups is 2. The van der Waals surface area contributed by atoms with E-state index in [1.54, 1.807) is 0 Å². The van der Waals surface area contributed by atoms with Crippen LogP contribution in [0.25, 0.3) is 0 Å². The van der Waals surface area contributed by atoms with Gasteiger partial charge in [-0.25, -0.2) is 4.79 Å². The van der Waals surface area contributed by atoms with Crippen molar-refractivity contribution in [2.24, 2.45) is 0 Å². The quantitative estimate of drug-likeness (QED) is 0.742. The molecule has 6 nitrogen and oxygen atoms in total. The number of halogens is 3. The predicted molar refractivity (Wildman–Crippen MR) is 58.8 cm³/mol. The van der Waals surface area contributed by atoms with Crippen LogP contribution in [0.2, 0.25) is 0 Å². The summed E-state index contributed by atoms with van der Waals surface area (Å²) in [6, 6.07) is 1.15. The van der Waals surface area contributed by atoms with Crippen molar-refractivity contribution < 1.29 is 27.9 Å². The highest BCUT2D eigenvalue weighted by Crippen LogP contribution is 2.12. The van der Waals surface area contributed by atoms with Crippen LogP contribution in [0.3, 0.4) is 0 Å². The van der Waals surface area contributed by atoms with E-state index in [9.17, 15) is 22.8 Å². The molecule has 0 unspecified atom stereocenters. The van der Waals surface area contributed by atoms with Crippen LogP contribution in [0.4, 0.5) is 18.9 Å². The van der Waals surface area contributed by atoms with Gasteiger partial charge in [-0.05, 0) is 6.07 Å². The molecule has 19 heavy (non-hydrogen) atoms. The Morgan fingerprint density at radius 3 is 2.58 bits per heavy atom. The maximum Gasteiger partial charge on any atom is 0.401 e. The predicted octanol–water partition coefficient (Wildman–Crippen LogP) is 0.870. The molecule has 0 saturated carbocycles. The highest BCUT2D eigenvalue weighted by Gasteiger charge is 2.26. The van der Waals surface area contributed by atoms with E-state index in [4.69, 9.17) is 5.11 Å². The Morgan fingerprint density at radius 2 is 2.00 bits per heavy atom. The summed E-state index contributed by atoms with van der Waals surface area (Å²) in [7, 11) is 0. The summed E-state index contributed by atoms with van der Waals surface area (Å²) in [5, 5.41) is 12.8. The smallest absolute Gasteiger partial charge is 0.401 e. The van der Waals surface area contributed by atoms with E-state index in [-0.39, 0.29) is 11.3 Å². The minimum atomic E-state index is -4.40. The molecule has 0 atom stereocenters. The number of carbonyl (C=O) groups excluding carboxylic acids is 1. The van der Waals surface area contributed by atoms with Crippen molar-refractivity contribution in [1.29, 1.82) is 0 Å². The number of hydrogen-bond donors (Lipinski definition) is 3. The lowest BCUT2D eigenvalue weighted by Gasteiger charge is -2.08. The minimum Gasteiger partial charge on any atom is -0.478 e. The average Bonchev–Trinajstić information content (AvgIpc) is 2.27. The minimum absolute atomic E-state index is 0.0960. The van der Waals surface area contributed by atoms with E-state index in [0.29, 0.717) is 0 Å². The second kappa shape index (κ2) is 6.14. The Kier molecular flexibility index (Phi) is 4.81. The molecule has 104 valence electrons. The first-order valence-electron chi connectivity index (χ1n) is 5.03. The van der Waals surface area contributed by atoms with E-state index in [2.05, 4.69) is 10.3 Å². The van der Waals surface area contributed by atoms with E-state index in [1.807, 2.05) is 5.32 Å². The van der Waals surface area contributed by atoms with E-state index < -0.39 is 31.1 Å². The molecule has 9 heteroatoms. The second-order valence-corrected chi connectivity index (χ2v) is 3.53. The largest absolute Gasteiger partial charge is 0.478 e. The lowest BCUT2D eigenvalue weighted by Crippen LogP contribution is -2.35. The third-order valence-electron chi connectivity index (χ3n) is 1.88. The van der Waals surface area contributed by atoms with Crippen molar-refractivity contribution in [3.8, 4) is 0 Å². The molecular weight excluding hydrogens is 267 g/mol. The van der Waals surface area contributed by atoms with Crippen LogP contribution in [0.5, 0.6) is 0 Å². The number of nitrogens with zero attached hydrogens (tertiary/aromatic N) is 1. The van der Waals surface area contributed by atoms with Gasteiger partial charge in [-0.15, -0.1) is 0 Å². The van der Waals surface area contributed by atoms with Crippen LogP contribution in [0, 0.1) is 0 Å². The fourth-order valence-electron chi connectivity index (χ4n) is 1.15. The van der Waals surface area contributed by atoms with Crippen molar-refractivity contribution in [3.63, 3.8) is 0 Å². The van der Waals surface area contributed by atoms with Crippen LogP contribution >= 0.6 is 0 Å². The standard InChI is InChI=1S/C10H10F3N3O3/c11-10(12,13)5-15-4-8(17)16-7-1-6(9(18)19)2-14-3-7/h1-3,15H,4-5H2,(H,16,17)(H,18,19). The summed E-state index contributed by atoms with van der Waals surface area (Å²) in [5.41, 5.74) is -0.0419. The van der Waals surface area contributed by atoms with Gasteiger partial charge in [0, 0.05) is 6.20 Å². The van der Waals surface area contributed by atoms with Gasteiger partial charge in [-0.2, -0.15) is 13.2 Å². The van der Waals surface area contributed by atoms with Gasteiger partial charge < -0.3 is 15.7 Å². The second-order valence-electron chi connectivity index (χ2n) is 3.53. The number of pyridine rings is 1. The van der Waals surface area contributed by atoms with Crippen LogP contribution in [-0.4, -0.2) is 41.2 Å². The van der Waals surface area contributed by atoms with Crippen LogP contribution in [0.1, 0.15) is 10.4 Å². The van der Waals surface area contributed by atoms with E-state index in [1.165, 1.54) is 6.20 Å². The molecule has 0 bridgehead atoms. The molecule has 0 aliphatic carbocycles. The molecule has 0 saturated heterocycles. The summed E-state index contributed by atoms with van der Waals surface area (Å²) in [4.78, 5) is 25.5. The van der Waals surface area contributed by atoms with E-state index >= 15 is 0 Å². The SMILES string of the molecule is O=C(CNCC(F)(F)F)Nc1cncc(C(=O)O)c1. The molecule has 1 aromatic rings. The molecule has 0 spiro atoms. The topological polar surface area (TPSA) is 91.3 Å². The third kappa shape index (κ3) is 5.82. The number of alkyl halides is 3. The molecular formula is C10H10F3N3O3. The van der Waals surface area contributed by atoms with Crippen LogP contribution in [0.15, 0.2) is 18.5 Å². The van der Waals surface area contributed by atoms with Crippen molar-refractivity contribution >= 4 is 17.6 Å². The van der Waals surface area contributed by atoms with Crippen LogP contribution < -0.4 is 10.6 Å². The molecule has 1 amide bonds. The Balaban J connectivity index is 2.48. The van der Waals surface area contributed by atoms with Gasteiger partial charge in [0.15, 0.2) is 0 Å². The number of aromatic carboxylic acids is 1. The molecule has 0 aliphatic rings. The number of carboxylic acids is 1. The van der Waals surface area contributed by atoms with E-state index in [0.717, 1.165) is 12.3 Å². The summed E-state index contributed by atoms with van der Waals surface area (Å²) in [5.74, 6) is -1.95. The zero-order valence-electron chi connectivity index (χ0n) is 9.49. The van der Waals surface area contributed by atoms with Crippen molar-refractivity contribution in [1.82, 2.24) is 10.3 Å². The van der Waals surface area contributed by atoms with Crippen molar-refractivity contribution in [3.05, 3.63) is 24.0 Å². The molecule has 0 fully saturated rings. The normalized spacial score (nSPS) is 11.1. The number of nitrogens with one attached hydrogen (secondary N) is 2. The summed E-state index contributed by atoms with van der Waals surface area (Å²) in [6.45, 7) is -1.83. The lowest BCUT2D eigenvalue weighted by molar-refractivity contribution is -0.127. The Hall–Kier alpha value is -2.16. The fraction of sp³-hybridized carbons (Fsp3) is 0.300. The van der Waals surface area contributed by atoms with Gasteiger partial charge in [0.05, 0.1) is 30.5 Å². The molecule has 3 N–H and O–H groups in total. The summed E-state index contributed by atoms with van der Waals surface area (Å²) in [6.07, 6.45) is -2.13. The number of hydrogen-bond acceptors (Lipinski definition) is 4. The maximum absolute atomic E-state index is 11.8. The van der Waals surface area contributed by atoms with Gasteiger partial charge in [0.2, 0.25) is 5.91 Å². The highest BCUT2D eigenvalue weighted by atomic mass is 19.4. The zero-order chi connectivity index (χ0) is 14.5. The molecule has 0 aromatic carbocycles. The number of aromatic nitrogens is 1. The molecule has 1 rings (SSSR count). The van der Waals surface area contributed by atoms with Crippen LogP contribution in [-0.2, 0) is 4.79 Å². The lowest BCUT2D eigenvalue weighted by atomic mass is 10.2. The first-order chi connectivity index (χ1) is 8.78. The summed E-state index contributed by atoms with van der Waals surface area (Å²) < 4.78 is 35.4. The Labute approximate surface area is 105 Å². The fourth-order valence-corrected chi connectivity index (χ4v) is 1.15. The first-order valence-corrected chi connectivity index (χ1v) is 5.03. The van der Waals surface area contributed by atoms with Gasteiger partial charge in [0.25, 0.3) is 0 Å². The van der Waals surface area contributed by atoms with Gasteiger partial charge in [-0.3, -0.25) is 9.78 Å². The maximum atomic E-state index is 11.8. The molecule has 1 heterocycles. The third-order valence-corrected chi connectivity index (χ3v) is 1.88. The van der Waals surface area contributed by atoms with Gasteiger partial charge in [0.1, 0.15) is 0 Å². The van der Waals surface area contributed by atoms with Gasteiger partial charge >= 0.3 is 12.1 Å². The number of amides is 1. The Morgan fingerprint density at radius 1 is 1.32 bits per heavy atom. The summed E-state index contributed by atoms with van der Waals surface area (Å²) >= 11 is 0. The Bertz CT molecular complexity index is 477. The van der Waals surface area contributed by atoms with Gasteiger partial charge in [-0.1, -0.05) is 0 Å². The number of anilines is 1. The number of rotatable bonds is 5. The van der Waals surface area contributed by atoms with Crippen molar-refractivity contribution in [2.45, 2.75) is 6.18 Å². The first kappa shape index (κ1) is 14.9. The number of carboxylic acid groups (broad SMARTS) is 1. The average molecular weight is 277 g/mol.